The van der Waals surface area contributed by atoms with E-state index in [1.54, 1.807) is 24.3 Å². The number of aliphatic hydroxyl groups is 1. The van der Waals surface area contributed by atoms with Gasteiger partial charge >= 0.3 is 5.97 Å². The molecule has 1 aliphatic rings. The normalized spacial score (nSPS) is 24.5. The van der Waals surface area contributed by atoms with Crippen molar-refractivity contribution < 1.29 is 41.4 Å². The first-order valence-corrected chi connectivity index (χ1v) is 13.3. The zero-order valence-corrected chi connectivity index (χ0v) is 22.3. The van der Waals surface area contributed by atoms with Crippen LogP contribution in [0.2, 0.25) is 5.02 Å². The second-order valence-electron chi connectivity index (χ2n) is 7.46. The summed E-state index contributed by atoms with van der Waals surface area (Å²) in [7, 11) is -4.18. The third-order valence-electron chi connectivity index (χ3n) is 4.88. The molecule has 1 saturated heterocycles. The van der Waals surface area contributed by atoms with Crippen LogP contribution in [0, 0.1) is 3.57 Å². The van der Waals surface area contributed by atoms with E-state index in [4.69, 9.17) is 34.7 Å². The number of halogens is 2. The van der Waals surface area contributed by atoms with Crippen molar-refractivity contribution in [2.24, 2.45) is 0 Å². The van der Waals surface area contributed by atoms with E-state index in [1.165, 1.54) is 37.3 Å². The van der Waals surface area contributed by atoms with Gasteiger partial charge in [0.1, 0.15) is 24.1 Å². The first-order valence-electron chi connectivity index (χ1n) is 10.4. The lowest BCUT2D eigenvalue weighted by Crippen LogP contribution is -2.62. The second-order valence-corrected chi connectivity index (χ2v) is 10.8. The fourth-order valence-corrected chi connectivity index (χ4v) is 4.69. The SMILES string of the molecule is C=CCO[C@H]1[C@H](O)[C@H](COS(=O)(=O)c2ccc(Cl)cc2)O[C@@H](Oc2ccc(I)cc2)[C@H]1OC(C)=O. The summed E-state index contributed by atoms with van der Waals surface area (Å²) in [5, 5.41) is 11.3. The van der Waals surface area contributed by atoms with Crippen LogP contribution in [-0.4, -0.2) is 63.4 Å². The lowest BCUT2D eigenvalue weighted by molar-refractivity contribution is -0.287. The lowest BCUT2D eigenvalue weighted by Gasteiger charge is -2.43. The fourth-order valence-electron chi connectivity index (χ4n) is 3.28. The van der Waals surface area contributed by atoms with E-state index in [2.05, 4.69) is 29.2 Å². The van der Waals surface area contributed by atoms with E-state index >= 15 is 0 Å². The molecule has 2 aromatic rings. The number of rotatable bonds is 10. The lowest BCUT2D eigenvalue weighted by atomic mass is 9.98. The molecule has 5 atom stereocenters. The number of esters is 1. The molecule has 2 aromatic carbocycles. The zero-order chi connectivity index (χ0) is 25.6. The summed E-state index contributed by atoms with van der Waals surface area (Å²) in [6.45, 7) is 4.25. The summed E-state index contributed by atoms with van der Waals surface area (Å²) in [6.07, 6.45) is -4.68. The number of aliphatic hydroxyl groups excluding tert-OH is 1. The molecule has 0 unspecified atom stereocenters. The number of carbonyl (C=O) groups excluding carboxylic acids is 1. The molecule has 1 N–H and O–H groups in total. The molecule has 1 fully saturated rings. The Labute approximate surface area is 222 Å². The minimum Gasteiger partial charge on any atom is -0.461 e. The molecule has 0 aliphatic carbocycles. The zero-order valence-electron chi connectivity index (χ0n) is 18.6. The average molecular weight is 639 g/mol. The molecule has 0 radical (unpaired) electrons. The number of carbonyl (C=O) groups is 1. The van der Waals surface area contributed by atoms with Gasteiger partial charge in [-0.3, -0.25) is 8.98 Å². The molecule has 0 saturated carbocycles. The standard InChI is InChI=1S/C23H24ClIO9S/c1-3-12-30-21-20(27)19(13-31-35(28,29)18-10-4-15(24)5-11-18)34-23(22(21)32-14(2)26)33-17-8-6-16(25)7-9-17/h3-11,19-23,27H,1,12-13H2,2H3/t19-,20+,21-,22-,23+/m0/s1. The van der Waals surface area contributed by atoms with Crippen LogP contribution in [0.1, 0.15) is 6.92 Å². The monoisotopic (exact) mass is 638 g/mol. The summed E-state index contributed by atoms with van der Waals surface area (Å²) < 4.78 is 54.1. The first-order chi connectivity index (χ1) is 16.6. The molecule has 0 amide bonds. The Bertz CT molecular complexity index is 1110. The Morgan fingerprint density at radius 2 is 1.83 bits per heavy atom. The highest BCUT2D eigenvalue weighted by atomic mass is 127. The van der Waals surface area contributed by atoms with Gasteiger partial charge in [0.25, 0.3) is 10.1 Å². The molecule has 3 rings (SSSR count). The van der Waals surface area contributed by atoms with Gasteiger partial charge in [-0.2, -0.15) is 8.42 Å². The molecular weight excluding hydrogens is 615 g/mol. The van der Waals surface area contributed by atoms with E-state index in [-0.39, 0.29) is 11.5 Å². The van der Waals surface area contributed by atoms with Gasteiger partial charge in [0.15, 0.2) is 6.10 Å². The number of ether oxygens (including phenoxy) is 4. The van der Waals surface area contributed by atoms with Gasteiger partial charge in [0, 0.05) is 15.5 Å². The highest BCUT2D eigenvalue weighted by Gasteiger charge is 2.49. The molecule has 12 heteroatoms. The predicted molar refractivity (Wildman–Crippen MR) is 135 cm³/mol. The van der Waals surface area contributed by atoms with Crippen molar-refractivity contribution in [2.45, 2.75) is 42.5 Å². The van der Waals surface area contributed by atoms with Gasteiger partial charge in [-0.05, 0) is 71.1 Å². The maximum absolute atomic E-state index is 12.6. The van der Waals surface area contributed by atoms with Crippen molar-refractivity contribution in [2.75, 3.05) is 13.2 Å². The molecule has 0 spiro atoms. The molecule has 1 heterocycles. The Morgan fingerprint density at radius 1 is 1.17 bits per heavy atom. The molecule has 190 valence electrons. The summed E-state index contributed by atoms with van der Waals surface area (Å²) in [4.78, 5) is 11.7. The average Bonchev–Trinajstić information content (AvgIpc) is 2.81. The molecule has 1 aliphatic heterocycles. The quantitative estimate of drug-likeness (QED) is 0.181. The van der Waals surface area contributed by atoms with Crippen LogP contribution in [0.15, 0.2) is 66.1 Å². The Morgan fingerprint density at radius 3 is 2.43 bits per heavy atom. The maximum atomic E-state index is 12.6. The van der Waals surface area contributed by atoms with E-state index in [0.29, 0.717) is 10.8 Å². The summed E-state index contributed by atoms with van der Waals surface area (Å²) in [5.41, 5.74) is 0. The minimum absolute atomic E-state index is 0.0202. The Kier molecular flexibility index (Phi) is 9.93. The van der Waals surface area contributed by atoms with E-state index in [9.17, 15) is 18.3 Å². The van der Waals surface area contributed by atoms with Gasteiger partial charge in [0.2, 0.25) is 6.29 Å². The van der Waals surface area contributed by atoms with E-state index in [1.807, 2.05) is 0 Å². The summed E-state index contributed by atoms with van der Waals surface area (Å²) in [6, 6.07) is 12.4. The number of benzene rings is 2. The third kappa shape index (κ3) is 7.62. The molecular formula is C23H24ClIO9S. The van der Waals surface area contributed by atoms with Crippen LogP contribution in [0.5, 0.6) is 5.75 Å². The van der Waals surface area contributed by atoms with Crippen LogP contribution in [0.4, 0.5) is 0 Å². The maximum Gasteiger partial charge on any atom is 0.303 e. The van der Waals surface area contributed by atoms with Gasteiger partial charge in [0.05, 0.1) is 18.1 Å². The Hall–Kier alpha value is -1.74. The van der Waals surface area contributed by atoms with E-state index < -0.39 is 53.4 Å². The van der Waals surface area contributed by atoms with Crippen molar-refractivity contribution >= 4 is 50.3 Å². The second kappa shape index (κ2) is 12.5. The molecule has 35 heavy (non-hydrogen) atoms. The molecule has 9 nitrogen and oxygen atoms in total. The predicted octanol–water partition coefficient (Wildman–Crippen LogP) is 3.32. The van der Waals surface area contributed by atoms with Gasteiger partial charge < -0.3 is 24.1 Å². The van der Waals surface area contributed by atoms with Crippen molar-refractivity contribution in [3.05, 3.63) is 69.8 Å². The summed E-state index contributed by atoms with van der Waals surface area (Å²) in [5.74, 6) is -0.242. The highest BCUT2D eigenvalue weighted by Crippen LogP contribution is 2.30. The fraction of sp³-hybridized carbons (Fsp3) is 0.348. The van der Waals surface area contributed by atoms with Crippen molar-refractivity contribution in [3.63, 3.8) is 0 Å². The highest BCUT2D eigenvalue weighted by molar-refractivity contribution is 14.1. The van der Waals surface area contributed by atoms with Crippen LogP contribution in [-0.2, 0) is 33.3 Å². The minimum atomic E-state index is -4.18. The third-order valence-corrected chi connectivity index (χ3v) is 7.15. The van der Waals surface area contributed by atoms with Gasteiger partial charge in [-0.15, -0.1) is 6.58 Å². The van der Waals surface area contributed by atoms with Crippen LogP contribution in [0.25, 0.3) is 0 Å². The summed E-state index contributed by atoms with van der Waals surface area (Å²) >= 11 is 7.96. The van der Waals surface area contributed by atoms with Gasteiger partial charge in [-0.1, -0.05) is 17.7 Å². The first kappa shape index (κ1) is 27.8. The van der Waals surface area contributed by atoms with E-state index in [0.717, 1.165) is 3.57 Å². The Balaban J connectivity index is 1.84. The number of hydrogen-bond acceptors (Lipinski definition) is 9. The van der Waals surface area contributed by atoms with Crippen molar-refractivity contribution in [3.8, 4) is 5.75 Å². The van der Waals surface area contributed by atoms with Crippen LogP contribution in [0.3, 0.4) is 0 Å². The number of hydrogen-bond donors (Lipinski definition) is 1. The largest absolute Gasteiger partial charge is 0.461 e. The van der Waals surface area contributed by atoms with Gasteiger partial charge in [-0.25, -0.2) is 0 Å². The smallest absolute Gasteiger partial charge is 0.303 e. The topological polar surface area (TPSA) is 118 Å². The molecule has 0 aromatic heterocycles. The van der Waals surface area contributed by atoms with Crippen molar-refractivity contribution in [1.82, 2.24) is 0 Å². The van der Waals surface area contributed by atoms with Crippen molar-refractivity contribution in [1.29, 1.82) is 0 Å². The van der Waals surface area contributed by atoms with Crippen LogP contribution < -0.4 is 4.74 Å². The molecule has 0 bridgehead atoms. The van der Waals surface area contributed by atoms with Crippen LogP contribution >= 0.6 is 34.2 Å².